The number of hydrogen-bond donors (Lipinski definition) is 1. The summed E-state index contributed by atoms with van der Waals surface area (Å²) in [6.07, 6.45) is 22.4. The van der Waals surface area contributed by atoms with Gasteiger partial charge in [-0.25, -0.2) is 4.98 Å². The zero-order chi connectivity index (χ0) is 18.3. The van der Waals surface area contributed by atoms with Gasteiger partial charge in [0.2, 0.25) is 0 Å². The van der Waals surface area contributed by atoms with E-state index in [0.29, 0.717) is 0 Å². The molecular weight excluding hydrogens is 339 g/mol. The number of nitrogens with one attached hydrogen (secondary N) is 1. The summed E-state index contributed by atoms with van der Waals surface area (Å²) >= 11 is 0. The fourth-order valence-corrected chi connectivity index (χ4v) is 3.79. The minimum absolute atomic E-state index is 0. The summed E-state index contributed by atoms with van der Waals surface area (Å²) in [5.41, 5.74) is 2.27. The average Bonchev–Trinajstić information content (AvgIpc) is 3.07. The number of nitrogens with zero attached hydrogens (tertiary/aromatic N) is 1. The quantitative estimate of drug-likeness (QED) is 0.323. The van der Waals surface area contributed by atoms with Crippen LogP contribution in [0.2, 0.25) is 0 Å². The van der Waals surface area contributed by atoms with Gasteiger partial charge in [-0.2, -0.15) is 0 Å². The van der Waals surface area contributed by atoms with E-state index in [9.17, 15) is 0 Å². The number of unbranched alkanes of at least 4 members (excludes halogenated alkanes) is 14. The van der Waals surface area contributed by atoms with Gasteiger partial charge in [0, 0.05) is 6.42 Å². The summed E-state index contributed by atoms with van der Waals surface area (Å²) in [7, 11) is 0. The van der Waals surface area contributed by atoms with Gasteiger partial charge in [-0.05, 0) is 18.6 Å². The minimum atomic E-state index is 0. The number of aromatic amines is 1. The molecule has 2 nitrogen and oxygen atoms in total. The normalized spacial score (nSPS) is 11.0. The number of aromatic nitrogens is 2. The first-order valence-corrected chi connectivity index (χ1v) is 11.3. The molecule has 0 aliphatic rings. The van der Waals surface area contributed by atoms with Crippen LogP contribution in [0, 0.1) is 0 Å². The molecule has 1 aromatic carbocycles. The van der Waals surface area contributed by atoms with Gasteiger partial charge in [-0.1, -0.05) is 109 Å². The van der Waals surface area contributed by atoms with E-state index in [0.717, 1.165) is 17.8 Å². The van der Waals surface area contributed by atoms with Crippen LogP contribution < -0.4 is 29.6 Å². The van der Waals surface area contributed by atoms with E-state index in [-0.39, 0.29) is 29.6 Å². The maximum absolute atomic E-state index is 4.66. The molecule has 0 saturated carbocycles. The molecule has 0 amide bonds. The third kappa shape index (κ3) is 11.3. The van der Waals surface area contributed by atoms with Crippen molar-refractivity contribution in [3.05, 3.63) is 30.1 Å². The first-order valence-electron chi connectivity index (χ1n) is 11.3. The number of H-pyrrole nitrogens is 1. The summed E-state index contributed by atoms with van der Waals surface area (Å²) < 4.78 is 0. The number of rotatable bonds is 16. The first-order chi connectivity index (χ1) is 12.9. The molecule has 0 aliphatic heterocycles. The Hall–Kier alpha value is -0.310. The zero-order valence-corrected chi connectivity index (χ0v) is 20.1. The van der Waals surface area contributed by atoms with Crippen LogP contribution >= 0.6 is 0 Å². The van der Waals surface area contributed by atoms with Crippen molar-refractivity contribution in [2.24, 2.45) is 0 Å². The van der Waals surface area contributed by atoms with E-state index in [2.05, 4.69) is 41.2 Å². The number of para-hydroxylation sites is 2. The molecule has 1 aromatic heterocycles. The summed E-state index contributed by atoms with van der Waals surface area (Å²) in [4.78, 5) is 8.09. The van der Waals surface area contributed by atoms with Crippen LogP contribution in [0.5, 0.6) is 0 Å². The van der Waals surface area contributed by atoms with E-state index in [1.165, 1.54) is 102 Å². The standard InChI is InChI=1S/C24H40N2.Na/c1-2-3-4-5-6-7-8-9-10-11-12-13-14-15-16-21-24-25-22-19-17-18-20-23(22)26-24;/h17-20H,2-16,21H2,1H3,(H,25,26);/q;+1. The van der Waals surface area contributed by atoms with E-state index in [1.54, 1.807) is 0 Å². The molecular formula is C24H40N2Na+. The molecule has 27 heavy (non-hydrogen) atoms. The molecule has 146 valence electrons. The Bertz CT molecular complexity index is 546. The van der Waals surface area contributed by atoms with Crippen molar-refractivity contribution < 1.29 is 29.6 Å². The van der Waals surface area contributed by atoms with Gasteiger partial charge >= 0.3 is 29.6 Å². The van der Waals surface area contributed by atoms with E-state index in [1.807, 2.05) is 0 Å². The zero-order valence-electron chi connectivity index (χ0n) is 18.1. The van der Waals surface area contributed by atoms with E-state index >= 15 is 0 Å². The second-order valence-electron chi connectivity index (χ2n) is 7.90. The summed E-state index contributed by atoms with van der Waals surface area (Å²) in [5, 5.41) is 0. The Kier molecular flexibility index (Phi) is 15.2. The molecule has 1 N–H and O–H groups in total. The fourth-order valence-electron chi connectivity index (χ4n) is 3.79. The summed E-state index contributed by atoms with van der Waals surface area (Å²) in [6, 6.07) is 8.32. The molecule has 0 aliphatic carbocycles. The van der Waals surface area contributed by atoms with Crippen LogP contribution in [0.25, 0.3) is 11.0 Å². The molecule has 0 atom stereocenters. The van der Waals surface area contributed by atoms with Crippen LogP contribution in [-0.4, -0.2) is 9.97 Å². The molecule has 2 rings (SSSR count). The Morgan fingerprint density at radius 1 is 0.667 bits per heavy atom. The van der Waals surface area contributed by atoms with E-state index < -0.39 is 0 Å². The predicted octanol–water partition coefficient (Wildman–Crippen LogP) is 4.98. The fraction of sp³-hybridized carbons (Fsp3) is 0.708. The van der Waals surface area contributed by atoms with Crippen LogP contribution in [0.1, 0.15) is 109 Å². The maximum Gasteiger partial charge on any atom is 1.00 e. The molecule has 1 heterocycles. The van der Waals surface area contributed by atoms with Gasteiger partial charge < -0.3 is 4.98 Å². The number of fused-ring (bicyclic) bond motifs is 1. The maximum atomic E-state index is 4.66. The van der Waals surface area contributed by atoms with Crippen LogP contribution in [0.4, 0.5) is 0 Å². The molecule has 2 aromatic rings. The van der Waals surface area contributed by atoms with Crippen molar-refractivity contribution in [3.63, 3.8) is 0 Å². The largest absolute Gasteiger partial charge is 1.00 e. The topological polar surface area (TPSA) is 28.7 Å². The number of imidazole rings is 1. The summed E-state index contributed by atoms with van der Waals surface area (Å²) in [5.74, 6) is 1.15. The van der Waals surface area contributed by atoms with Crippen LogP contribution in [-0.2, 0) is 6.42 Å². The first kappa shape index (κ1) is 24.7. The Labute approximate surface area is 189 Å². The number of benzene rings is 1. The van der Waals surface area contributed by atoms with Gasteiger partial charge in [0.05, 0.1) is 11.0 Å². The molecule has 0 unspecified atom stereocenters. The SMILES string of the molecule is CCCCCCCCCCCCCCCCCc1nc2ccccc2[nH]1.[Na+]. The molecule has 0 radical (unpaired) electrons. The van der Waals surface area contributed by atoms with Crippen molar-refractivity contribution in [3.8, 4) is 0 Å². The number of aryl methyl sites for hydroxylation is 1. The number of hydrogen-bond acceptors (Lipinski definition) is 1. The van der Waals surface area contributed by atoms with Crippen molar-refractivity contribution in [2.45, 2.75) is 110 Å². The Morgan fingerprint density at radius 3 is 1.67 bits per heavy atom. The third-order valence-electron chi connectivity index (χ3n) is 5.46. The molecule has 0 bridgehead atoms. The molecule has 0 saturated heterocycles. The smallest absolute Gasteiger partial charge is 0.342 e. The van der Waals surface area contributed by atoms with Gasteiger partial charge in [0.25, 0.3) is 0 Å². The second kappa shape index (κ2) is 16.6. The van der Waals surface area contributed by atoms with Gasteiger partial charge in [0.15, 0.2) is 0 Å². The van der Waals surface area contributed by atoms with Crippen molar-refractivity contribution >= 4 is 11.0 Å². The Morgan fingerprint density at radius 2 is 1.15 bits per heavy atom. The van der Waals surface area contributed by atoms with Crippen molar-refractivity contribution in [1.82, 2.24) is 9.97 Å². The molecule has 3 heteroatoms. The van der Waals surface area contributed by atoms with Crippen molar-refractivity contribution in [1.29, 1.82) is 0 Å². The Balaban J connectivity index is 0.00000364. The van der Waals surface area contributed by atoms with Gasteiger partial charge in [-0.15, -0.1) is 0 Å². The van der Waals surface area contributed by atoms with Crippen LogP contribution in [0.3, 0.4) is 0 Å². The van der Waals surface area contributed by atoms with E-state index in [4.69, 9.17) is 0 Å². The van der Waals surface area contributed by atoms with Gasteiger partial charge in [-0.3, -0.25) is 0 Å². The summed E-state index contributed by atoms with van der Waals surface area (Å²) in [6.45, 7) is 2.29. The minimum Gasteiger partial charge on any atom is -0.342 e. The molecule has 0 spiro atoms. The van der Waals surface area contributed by atoms with Crippen molar-refractivity contribution in [2.75, 3.05) is 0 Å². The van der Waals surface area contributed by atoms with Gasteiger partial charge in [0.1, 0.15) is 5.82 Å². The third-order valence-corrected chi connectivity index (χ3v) is 5.46. The van der Waals surface area contributed by atoms with Crippen LogP contribution in [0.15, 0.2) is 24.3 Å². The predicted molar refractivity (Wildman–Crippen MR) is 115 cm³/mol. The second-order valence-corrected chi connectivity index (χ2v) is 7.90. The average molecular weight is 380 g/mol. The molecule has 0 fully saturated rings. The monoisotopic (exact) mass is 379 g/mol.